The van der Waals surface area contributed by atoms with Crippen molar-refractivity contribution in [2.24, 2.45) is 0 Å². The average molecular weight is 403 g/mol. The molecule has 0 bridgehead atoms. The van der Waals surface area contributed by atoms with Crippen molar-refractivity contribution in [2.75, 3.05) is 20.2 Å². The molecule has 1 N–H and O–H groups in total. The summed E-state index contributed by atoms with van der Waals surface area (Å²) in [6.45, 7) is 1.21. The predicted octanol–water partition coefficient (Wildman–Crippen LogP) is 3.52. The number of carbonyl (C=O) groups excluding carboxylic acids is 2. The number of likely N-dealkylation sites (tertiary alicyclic amines) is 1. The Morgan fingerprint density at radius 2 is 1.60 bits per heavy atom. The summed E-state index contributed by atoms with van der Waals surface area (Å²) in [6.07, 6.45) is 5.40. The largest absolute Gasteiger partial charge is 0.496 e. The van der Waals surface area contributed by atoms with Crippen LogP contribution in [0.1, 0.15) is 33.6 Å². The number of amides is 2. The van der Waals surface area contributed by atoms with Gasteiger partial charge in [-0.05, 0) is 61.4 Å². The van der Waals surface area contributed by atoms with Gasteiger partial charge in [-0.25, -0.2) is 0 Å². The minimum Gasteiger partial charge on any atom is -0.496 e. The second-order valence-electron chi connectivity index (χ2n) is 7.38. The van der Waals surface area contributed by atoms with Gasteiger partial charge in [-0.1, -0.05) is 12.1 Å². The van der Waals surface area contributed by atoms with E-state index >= 15 is 0 Å². The number of ether oxygens (including phenoxy) is 1. The van der Waals surface area contributed by atoms with E-state index in [2.05, 4.69) is 5.32 Å². The maximum absolute atomic E-state index is 12.8. The van der Waals surface area contributed by atoms with Crippen molar-refractivity contribution in [2.45, 2.75) is 18.9 Å². The monoisotopic (exact) mass is 403 g/mol. The summed E-state index contributed by atoms with van der Waals surface area (Å²) in [7, 11) is 1.57. The normalized spacial score (nSPS) is 14.4. The topological polar surface area (TPSA) is 63.6 Å². The highest BCUT2D eigenvalue weighted by Gasteiger charge is 2.26. The van der Waals surface area contributed by atoms with E-state index in [1.54, 1.807) is 19.2 Å². The number of rotatable bonds is 5. The third-order valence-corrected chi connectivity index (χ3v) is 5.49. The van der Waals surface area contributed by atoms with Gasteiger partial charge in [0.2, 0.25) is 0 Å². The third kappa shape index (κ3) is 4.22. The second-order valence-corrected chi connectivity index (χ2v) is 7.38. The number of piperidine rings is 1. The zero-order valence-corrected chi connectivity index (χ0v) is 17.0. The number of carbonyl (C=O) groups is 2. The summed E-state index contributed by atoms with van der Waals surface area (Å²) in [6, 6.07) is 18.8. The minimum atomic E-state index is -0.0800. The number of hydrogen-bond donors (Lipinski definition) is 1. The fraction of sp³-hybridized carbons (Fsp3) is 0.250. The number of benzene rings is 2. The van der Waals surface area contributed by atoms with Gasteiger partial charge in [0.1, 0.15) is 5.75 Å². The van der Waals surface area contributed by atoms with Gasteiger partial charge < -0.3 is 19.5 Å². The van der Waals surface area contributed by atoms with Gasteiger partial charge in [-0.15, -0.1) is 0 Å². The average Bonchev–Trinajstić information content (AvgIpc) is 3.34. The number of para-hydroxylation sites is 1. The van der Waals surface area contributed by atoms with Crippen molar-refractivity contribution in [3.05, 3.63) is 84.2 Å². The quantitative estimate of drug-likeness (QED) is 0.709. The maximum Gasteiger partial charge on any atom is 0.257 e. The predicted molar refractivity (Wildman–Crippen MR) is 115 cm³/mol. The van der Waals surface area contributed by atoms with Crippen LogP contribution >= 0.6 is 0 Å². The summed E-state index contributed by atoms with van der Waals surface area (Å²) < 4.78 is 7.30. The lowest BCUT2D eigenvalue weighted by molar-refractivity contribution is 0.0695. The Morgan fingerprint density at radius 1 is 0.933 bits per heavy atom. The third-order valence-electron chi connectivity index (χ3n) is 5.49. The fourth-order valence-electron chi connectivity index (χ4n) is 3.78. The Bertz CT molecular complexity index is 1000. The van der Waals surface area contributed by atoms with Gasteiger partial charge in [-0.2, -0.15) is 0 Å². The first-order valence-electron chi connectivity index (χ1n) is 10.1. The summed E-state index contributed by atoms with van der Waals surface area (Å²) in [4.78, 5) is 27.3. The molecule has 0 spiro atoms. The number of hydrogen-bond acceptors (Lipinski definition) is 3. The van der Waals surface area contributed by atoms with Gasteiger partial charge in [0.05, 0.1) is 12.7 Å². The molecule has 1 fully saturated rings. The minimum absolute atomic E-state index is 0.0298. The van der Waals surface area contributed by atoms with E-state index in [1.807, 2.05) is 70.4 Å². The molecule has 6 nitrogen and oxygen atoms in total. The molecule has 2 aromatic carbocycles. The molecule has 0 unspecified atom stereocenters. The van der Waals surface area contributed by atoms with Crippen LogP contribution in [0, 0.1) is 0 Å². The molecule has 1 aliphatic rings. The van der Waals surface area contributed by atoms with Crippen molar-refractivity contribution < 1.29 is 14.3 Å². The second kappa shape index (κ2) is 8.86. The molecule has 1 aromatic heterocycles. The first-order valence-corrected chi connectivity index (χ1v) is 10.1. The summed E-state index contributed by atoms with van der Waals surface area (Å²) in [5.41, 5.74) is 2.23. The lowest BCUT2D eigenvalue weighted by atomic mass is 10.0. The van der Waals surface area contributed by atoms with E-state index in [9.17, 15) is 9.59 Å². The van der Waals surface area contributed by atoms with Gasteiger partial charge in [0.15, 0.2) is 0 Å². The van der Waals surface area contributed by atoms with Crippen LogP contribution in [0.3, 0.4) is 0 Å². The van der Waals surface area contributed by atoms with Crippen LogP contribution in [0.25, 0.3) is 5.69 Å². The number of methoxy groups -OCH3 is 1. The zero-order chi connectivity index (χ0) is 20.9. The van der Waals surface area contributed by atoms with Crippen molar-refractivity contribution >= 4 is 11.8 Å². The van der Waals surface area contributed by atoms with Crippen LogP contribution in [0.5, 0.6) is 5.75 Å². The molecule has 0 atom stereocenters. The van der Waals surface area contributed by atoms with E-state index < -0.39 is 0 Å². The van der Waals surface area contributed by atoms with E-state index in [1.165, 1.54) is 0 Å². The smallest absolute Gasteiger partial charge is 0.257 e. The van der Waals surface area contributed by atoms with Crippen LogP contribution in [0.15, 0.2) is 73.1 Å². The maximum atomic E-state index is 12.8. The molecular formula is C24H25N3O3. The van der Waals surface area contributed by atoms with Crippen molar-refractivity contribution in [3.8, 4) is 11.4 Å². The Labute approximate surface area is 176 Å². The van der Waals surface area contributed by atoms with Crippen LogP contribution in [-0.4, -0.2) is 47.5 Å². The molecule has 2 amide bonds. The first kappa shape index (κ1) is 19.8. The molecule has 1 aliphatic heterocycles. The molecule has 1 saturated heterocycles. The Hall–Kier alpha value is -3.54. The molecular weight excluding hydrogens is 378 g/mol. The van der Waals surface area contributed by atoms with E-state index in [4.69, 9.17) is 4.74 Å². The van der Waals surface area contributed by atoms with Crippen molar-refractivity contribution in [1.82, 2.24) is 14.8 Å². The van der Waals surface area contributed by atoms with Gasteiger partial charge in [0, 0.05) is 42.8 Å². The molecule has 0 saturated carbocycles. The van der Waals surface area contributed by atoms with Crippen molar-refractivity contribution in [1.29, 1.82) is 0 Å². The van der Waals surface area contributed by atoms with Crippen LogP contribution in [0.2, 0.25) is 0 Å². The molecule has 6 heteroatoms. The number of nitrogens with zero attached hydrogens (tertiary/aromatic N) is 2. The lowest BCUT2D eigenvalue weighted by Crippen LogP contribution is -2.46. The van der Waals surface area contributed by atoms with Gasteiger partial charge in [0.25, 0.3) is 11.8 Å². The highest BCUT2D eigenvalue weighted by atomic mass is 16.5. The molecule has 30 heavy (non-hydrogen) atoms. The van der Waals surface area contributed by atoms with E-state index in [0.29, 0.717) is 30.0 Å². The fourth-order valence-corrected chi connectivity index (χ4v) is 3.78. The van der Waals surface area contributed by atoms with Gasteiger partial charge >= 0.3 is 0 Å². The van der Waals surface area contributed by atoms with Crippen molar-refractivity contribution in [3.63, 3.8) is 0 Å². The summed E-state index contributed by atoms with van der Waals surface area (Å²) in [5, 5.41) is 3.10. The Kier molecular flexibility index (Phi) is 5.84. The summed E-state index contributed by atoms with van der Waals surface area (Å²) >= 11 is 0. The SMILES string of the molecule is COc1ccccc1C(=O)N1CCC(NC(=O)c2ccc(-n3cccc3)cc2)CC1. The van der Waals surface area contributed by atoms with Crippen LogP contribution in [-0.2, 0) is 0 Å². The van der Waals surface area contributed by atoms with Crippen LogP contribution in [0.4, 0.5) is 0 Å². The molecule has 4 rings (SSSR count). The highest BCUT2D eigenvalue weighted by molar-refractivity contribution is 5.97. The first-order chi connectivity index (χ1) is 14.7. The zero-order valence-electron chi connectivity index (χ0n) is 17.0. The molecule has 0 aliphatic carbocycles. The molecule has 154 valence electrons. The lowest BCUT2D eigenvalue weighted by Gasteiger charge is -2.32. The molecule has 0 radical (unpaired) electrons. The molecule has 3 aromatic rings. The highest BCUT2D eigenvalue weighted by Crippen LogP contribution is 2.22. The number of nitrogens with one attached hydrogen (secondary N) is 1. The molecule has 2 heterocycles. The van der Waals surface area contributed by atoms with Gasteiger partial charge in [-0.3, -0.25) is 9.59 Å². The standard InChI is InChI=1S/C24H25N3O3/c1-30-22-7-3-2-6-21(22)24(29)27-16-12-19(13-17-27)25-23(28)18-8-10-20(11-9-18)26-14-4-5-15-26/h2-11,14-15,19H,12-13,16-17H2,1H3,(H,25,28). The number of aromatic nitrogens is 1. The van der Waals surface area contributed by atoms with E-state index in [-0.39, 0.29) is 17.9 Å². The van der Waals surface area contributed by atoms with E-state index in [0.717, 1.165) is 18.5 Å². The summed E-state index contributed by atoms with van der Waals surface area (Å²) in [5.74, 6) is 0.475. The van der Waals surface area contributed by atoms with Crippen LogP contribution < -0.4 is 10.1 Å². The Morgan fingerprint density at radius 3 is 2.27 bits per heavy atom. The Balaban J connectivity index is 1.32.